The highest BCUT2D eigenvalue weighted by Crippen LogP contribution is 2.12. The fourth-order valence-electron chi connectivity index (χ4n) is 1.39. The highest BCUT2D eigenvalue weighted by molar-refractivity contribution is 7.09. The number of aryl methyl sites for hydroxylation is 1. The molecule has 0 amide bonds. The van der Waals surface area contributed by atoms with Crippen molar-refractivity contribution in [3.8, 4) is 0 Å². The van der Waals surface area contributed by atoms with Crippen LogP contribution in [-0.4, -0.2) is 34.2 Å². The summed E-state index contributed by atoms with van der Waals surface area (Å²) < 4.78 is 0. The maximum atomic E-state index is 11.0. The van der Waals surface area contributed by atoms with Gasteiger partial charge in [0.15, 0.2) is 0 Å². The number of carbonyl (C=O) groups is 2. The van der Waals surface area contributed by atoms with Gasteiger partial charge in [-0.05, 0) is 31.2 Å². The summed E-state index contributed by atoms with van der Waals surface area (Å²) in [7, 11) is 0. The number of carboxylic acid groups (broad SMARTS) is 2. The maximum Gasteiger partial charge on any atom is 0.320 e. The van der Waals surface area contributed by atoms with Crippen LogP contribution in [0.4, 0.5) is 0 Å². The predicted molar refractivity (Wildman–Crippen MR) is 64.3 cm³/mol. The number of hydrogen-bond acceptors (Lipinski definition) is 4. The average Bonchev–Trinajstić information content (AvgIpc) is 2.75. The zero-order valence-corrected chi connectivity index (χ0v) is 10.2. The molecular formula is C11H15NO4S. The third-order valence-corrected chi connectivity index (χ3v) is 3.32. The molecule has 94 valence electrons. The molecule has 6 heteroatoms. The normalized spacial score (nSPS) is 14.2. The van der Waals surface area contributed by atoms with Crippen LogP contribution < -0.4 is 5.32 Å². The zero-order valence-electron chi connectivity index (χ0n) is 9.42. The van der Waals surface area contributed by atoms with Gasteiger partial charge in [-0.3, -0.25) is 14.9 Å². The molecular weight excluding hydrogens is 242 g/mol. The van der Waals surface area contributed by atoms with Gasteiger partial charge in [0.1, 0.15) is 12.1 Å². The number of thiophene rings is 1. The number of aliphatic carboxylic acids is 2. The molecule has 0 radical (unpaired) electrons. The summed E-state index contributed by atoms with van der Waals surface area (Å²) in [5.74, 6) is -2.07. The Morgan fingerprint density at radius 2 is 2.12 bits per heavy atom. The largest absolute Gasteiger partial charge is 0.480 e. The number of rotatable bonds is 7. The lowest BCUT2D eigenvalue weighted by Crippen LogP contribution is -2.45. The Morgan fingerprint density at radius 1 is 1.41 bits per heavy atom. The molecule has 0 unspecified atom stereocenters. The van der Waals surface area contributed by atoms with E-state index in [4.69, 9.17) is 10.2 Å². The van der Waals surface area contributed by atoms with Gasteiger partial charge in [-0.25, -0.2) is 0 Å². The second-order valence-electron chi connectivity index (χ2n) is 3.74. The van der Waals surface area contributed by atoms with Crippen LogP contribution >= 0.6 is 11.3 Å². The number of hydrogen-bond donors (Lipinski definition) is 3. The van der Waals surface area contributed by atoms with Crippen molar-refractivity contribution in [2.75, 3.05) is 0 Å². The molecule has 0 saturated carbocycles. The molecule has 0 fully saturated rings. The molecule has 0 bridgehead atoms. The number of nitrogens with one attached hydrogen (secondary N) is 1. The molecule has 0 aromatic carbocycles. The Hall–Kier alpha value is -1.40. The van der Waals surface area contributed by atoms with Crippen LogP contribution in [-0.2, 0) is 16.0 Å². The maximum absolute atomic E-state index is 11.0. The SMILES string of the molecule is C[C@@H](N[C@@H](CCc1cccs1)C(=O)O)C(=O)O. The average molecular weight is 257 g/mol. The molecule has 0 aliphatic heterocycles. The van der Waals surface area contributed by atoms with Crippen LogP contribution in [0.1, 0.15) is 18.2 Å². The molecule has 17 heavy (non-hydrogen) atoms. The summed E-state index contributed by atoms with van der Waals surface area (Å²) >= 11 is 1.56. The molecule has 5 nitrogen and oxygen atoms in total. The summed E-state index contributed by atoms with van der Waals surface area (Å²) in [5, 5.41) is 22.2. The summed E-state index contributed by atoms with van der Waals surface area (Å²) in [4.78, 5) is 22.7. The Kier molecular flexibility index (Phi) is 5.11. The van der Waals surface area contributed by atoms with Crippen LogP contribution in [0.25, 0.3) is 0 Å². The fraction of sp³-hybridized carbons (Fsp3) is 0.455. The van der Waals surface area contributed by atoms with Gasteiger partial charge < -0.3 is 10.2 Å². The van der Waals surface area contributed by atoms with Gasteiger partial charge >= 0.3 is 11.9 Å². The van der Waals surface area contributed by atoms with Gasteiger partial charge in [0.25, 0.3) is 0 Å². The first-order chi connectivity index (χ1) is 8.00. The van der Waals surface area contributed by atoms with Gasteiger partial charge in [0.2, 0.25) is 0 Å². The van der Waals surface area contributed by atoms with Crippen molar-refractivity contribution in [3.05, 3.63) is 22.4 Å². The Bertz CT molecular complexity index is 377. The van der Waals surface area contributed by atoms with E-state index >= 15 is 0 Å². The number of carboxylic acids is 2. The highest BCUT2D eigenvalue weighted by Gasteiger charge is 2.22. The lowest BCUT2D eigenvalue weighted by molar-refractivity contribution is -0.142. The standard InChI is InChI=1S/C11H15NO4S/c1-7(10(13)14)12-9(11(15)16)5-4-8-3-2-6-17-8/h2-3,6-7,9,12H,4-5H2,1H3,(H,13,14)(H,15,16)/t7-,9+/m1/s1. The van der Waals surface area contributed by atoms with E-state index in [9.17, 15) is 9.59 Å². The fourth-order valence-corrected chi connectivity index (χ4v) is 2.12. The minimum atomic E-state index is -1.05. The molecule has 2 atom stereocenters. The third-order valence-electron chi connectivity index (χ3n) is 2.38. The molecule has 0 spiro atoms. The summed E-state index contributed by atoms with van der Waals surface area (Å²) in [6.07, 6.45) is 1.02. The van der Waals surface area contributed by atoms with Gasteiger partial charge in [-0.1, -0.05) is 6.07 Å². The van der Waals surface area contributed by atoms with Gasteiger partial charge in [-0.2, -0.15) is 0 Å². The topological polar surface area (TPSA) is 86.6 Å². The van der Waals surface area contributed by atoms with Crippen molar-refractivity contribution in [2.45, 2.75) is 31.8 Å². The first-order valence-corrected chi connectivity index (χ1v) is 6.12. The Morgan fingerprint density at radius 3 is 2.59 bits per heavy atom. The molecule has 1 aromatic rings. The summed E-state index contributed by atoms with van der Waals surface area (Å²) in [5.41, 5.74) is 0. The van der Waals surface area contributed by atoms with Crippen molar-refractivity contribution in [1.29, 1.82) is 0 Å². The van der Waals surface area contributed by atoms with Crippen LogP contribution in [0.15, 0.2) is 17.5 Å². The monoisotopic (exact) mass is 257 g/mol. The molecule has 3 N–H and O–H groups in total. The van der Waals surface area contributed by atoms with Crippen molar-refractivity contribution in [2.24, 2.45) is 0 Å². The lowest BCUT2D eigenvalue weighted by Gasteiger charge is -2.16. The zero-order chi connectivity index (χ0) is 12.8. The molecule has 1 rings (SSSR count). The van der Waals surface area contributed by atoms with Gasteiger partial charge in [-0.15, -0.1) is 11.3 Å². The van der Waals surface area contributed by atoms with Crippen LogP contribution in [0.5, 0.6) is 0 Å². The van der Waals surface area contributed by atoms with Crippen molar-refractivity contribution in [3.63, 3.8) is 0 Å². The molecule has 0 aliphatic carbocycles. The van der Waals surface area contributed by atoms with E-state index in [1.54, 1.807) is 11.3 Å². The minimum Gasteiger partial charge on any atom is -0.480 e. The van der Waals surface area contributed by atoms with Crippen molar-refractivity contribution < 1.29 is 19.8 Å². The van der Waals surface area contributed by atoms with E-state index in [1.807, 2.05) is 17.5 Å². The van der Waals surface area contributed by atoms with Crippen LogP contribution in [0, 0.1) is 0 Å². The van der Waals surface area contributed by atoms with Crippen molar-refractivity contribution in [1.82, 2.24) is 5.32 Å². The van der Waals surface area contributed by atoms with E-state index in [-0.39, 0.29) is 0 Å². The molecule has 1 aromatic heterocycles. The molecule has 0 saturated heterocycles. The van der Waals surface area contributed by atoms with E-state index < -0.39 is 24.0 Å². The minimum absolute atomic E-state index is 0.382. The lowest BCUT2D eigenvalue weighted by atomic mass is 10.1. The molecule has 0 aliphatic rings. The smallest absolute Gasteiger partial charge is 0.320 e. The second-order valence-corrected chi connectivity index (χ2v) is 4.77. The first-order valence-electron chi connectivity index (χ1n) is 5.24. The Balaban J connectivity index is 2.49. The van der Waals surface area contributed by atoms with E-state index in [2.05, 4.69) is 5.32 Å². The highest BCUT2D eigenvalue weighted by atomic mass is 32.1. The quantitative estimate of drug-likeness (QED) is 0.683. The molecule has 1 heterocycles. The van der Waals surface area contributed by atoms with E-state index in [0.717, 1.165) is 4.88 Å². The van der Waals surface area contributed by atoms with Crippen molar-refractivity contribution >= 4 is 23.3 Å². The first kappa shape index (κ1) is 13.7. The summed E-state index contributed by atoms with van der Waals surface area (Å²) in [6.45, 7) is 1.43. The van der Waals surface area contributed by atoms with Crippen LogP contribution in [0.2, 0.25) is 0 Å². The third kappa shape index (κ3) is 4.54. The van der Waals surface area contributed by atoms with Gasteiger partial charge in [0.05, 0.1) is 0 Å². The van der Waals surface area contributed by atoms with Crippen LogP contribution in [0.3, 0.4) is 0 Å². The second kappa shape index (κ2) is 6.36. The van der Waals surface area contributed by atoms with Gasteiger partial charge in [0, 0.05) is 4.88 Å². The summed E-state index contributed by atoms with van der Waals surface area (Å²) in [6, 6.07) is 2.15. The van der Waals surface area contributed by atoms with E-state index in [0.29, 0.717) is 12.8 Å². The predicted octanol–water partition coefficient (Wildman–Crippen LogP) is 1.20. The Labute approximate surface area is 103 Å². The van der Waals surface area contributed by atoms with E-state index in [1.165, 1.54) is 6.92 Å².